The number of hydrogen-bond acceptors (Lipinski definition) is 3. The van der Waals surface area contributed by atoms with Crippen molar-refractivity contribution in [3.05, 3.63) is 119 Å². The summed E-state index contributed by atoms with van der Waals surface area (Å²) in [4.78, 5) is 15.3. The summed E-state index contributed by atoms with van der Waals surface area (Å²) in [7, 11) is 0. The van der Waals surface area contributed by atoms with Crippen LogP contribution in [0.25, 0.3) is 0 Å². The molecule has 0 saturated heterocycles. The van der Waals surface area contributed by atoms with Gasteiger partial charge in [-0.15, -0.1) is 0 Å². The molecule has 31 heavy (non-hydrogen) atoms. The molecule has 0 saturated carbocycles. The summed E-state index contributed by atoms with van der Waals surface area (Å²) < 4.78 is 1.92. The molecule has 1 aromatic heterocycles. The van der Waals surface area contributed by atoms with Gasteiger partial charge in [0.25, 0.3) is 5.91 Å². The van der Waals surface area contributed by atoms with E-state index in [1.165, 1.54) is 11.1 Å². The number of carbonyl (C=O) groups is 1. The van der Waals surface area contributed by atoms with Gasteiger partial charge in [0.15, 0.2) is 0 Å². The molecule has 154 valence electrons. The maximum Gasteiger partial charge on any atom is 0.258 e. The molecule has 1 amide bonds. The third kappa shape index (κ3) is 3.94. The minimum Gasteiger partial charge on any atom is -0.361 e. The van der Waals surface area contributed by atoms with Gasteiger partial charge in [-0.25, -0.2) is 0 Å². The Morgan fingerprint density at radius 2 is 1.58 bits per heavy atom. The van der Waals surface area contributed by atoms with Crippen molar-refractivity contribution < 1.29 is 4.79 Å². The van der Waals surface area contributed by atoms with Crippen LogP contribution in [0.15, 0.2) is 91.3 Å². The summed E-state index contributed by atoms with van der Waals surface area (Å²) in [5, 5.41) is 8.11. The SMILES string of the molecule is Cc1ccc(CN2C(=O)c3ccccc3N[C@H]2c2cnn(Cc3ccccc3)c2)cc1. The summed E-state index contributed by atoms with van der Waals surface area (Å²) in [6, 6.07) is 26.3. The van der Waals surface area contributed by atoms with Crippen molar-refractivity contribution in [2.75, 3.05) is 5.32 Å². The maximum absolute atomic E-state index is 13.4. The highest BCUT2D eigenvalue weighted by molar-refractivity contribution is 6.01. The molecule has 0 bridgehead atoms. The van der Waals surface area contributed by atoms with Gasteiger partial charge in [0.1, 0.15) is 6.17 Å². The molecule has 1 aliphatic heterocycles. The van der Waals surface area contributed by atoms with E-state index >= 15 is 0 Å². The Labute approximate surface area is 182 Å². The number of carbonyl (C=O) groups excluding carboxylic acids is 1. The highest BCUT2D eigenvalue weighted by Gasteiger charge is 2.33. The Morgan fingerprint density at radius 1 is 0.871 bits per heavy atom. The van der Waals surface area contributed by atoms with E-state index in [9.17, 15) is 4.79 Å². The van der Waals surface area contributed by atoms with Crippen molar-refractivity contribution in [2.45, 2.75) is 26.2 Å². The van der Waals surface area contributed by atoms with Gasteiger partial charge in [-0.2, -0.15) is 5.10 Å². The zero-order chi connectivity index (χ0) is 21.2. The van der Waals surface area contributed by atoms with Crippen LogP contribution in [0.5, 0.6) is 0 Å². The number of amides is 1. The predicted octanol–water partition coefficient (Wildman–Crippen LogP) is 5.01. The minimum absolute atomic E-state index is 0.0238. The van der Waals surface area contributed by atoms with Crippen molar-refractivity contribution in [3.63, 3.8) is 0 Å². The summed E-state index contributed by atoms with van der Waals surface area (Å²) >= 11 is 0. The Hall–Kier alpha value is -3.86. The number of hydrogen-bond donors (Lipinski definition) is 1. The number of aryl methyl sites for hydroxylation is 1. The average molecular weight is 409 g/mol. The van der Waals surface area contributed by atoms with Crippen molar-refractivity contribution in [2.24, 2.45) is 0 Å². The first-order chi connectivity index (χ1) is 15.2. The van der Waals surface area contributed by atoms with Gasteiger partial charge >= 0.3 is 0 Å². The summed E-state index contributed by atoms with van der Waals surface area (Å²) in [5.74, 6) is 0.0238. The van der Waals surface area contributed by atoms with Gasteiger partial charge < -0.3 is 10.2 Å². The highest BCUT2D eigenvalue weighted by atomic mass is 16.2. The molecule has 0 unspecified atom stereocenters. The second-order valence-electron chi connectivity index (χ2n) is 7.97. The van der Waals surface area contributed by atoms with E-state index in [0.29, 0.717) is 18.7 Å². The second kappa shape index (κ2) is 8.11. The fraction of sp³-hybridized carbons (Fsp3) is 0.154. The van der Waals surface area contributed by atoms with Gasteiger partial charge in [-0.3, -0.25) is 9.48 Å². The van der Waals surface area contributed by atoms with Crippen LogP contribution in [0, 0.1) is 6.92 Å². The van der Waals surface area contributed by atoms with E-state index in [2.05, 4.69) is 53.7 Å². The lowest BCUT2D eigenvalue weighted by atomic mass is 10.0. The highest BCUT2D eigenvalue weighted by Crippen LogP contribution is 2.34. The molecule has 1 aliphatic rings. The summed E-state index contributed by atoms with van der Waals surface area (Å²) in [6.45, 7) is 3.28. The van der Waals surface area contributed by atoms with Crippen LogP contribution in [0.1, 0.15) is 38.8 Å². The molecule has 0 radical (unpaired) electrons. The molecule has 1 atom stereocenters. The minimum atomic E-state index is -0.284. The maximum atomic E-state index is 13.4. The summed E-state index contributed by atoms with van der Waals surface area (Å²) in [5.41, 5.74) is 6.01. The average Bonchev–Trinajstić information content (AvgIpc) is 3.26. The van der Waals surface area contributed by atoms with Gasteiger partial charge in [-0.05, 0) is 30.2 Å². The summed E-state index contributed by atoms with van der Waals surface area (Å²) in [6.07, 6.45) is 3.59. The standard InChI is InChI=1S/C26H24N4O/c1-19-11-13-21(14-12-19)17-30-25(28-24-10-6-5-9-23(24)26(30)31)22-15-27-29(18-22)16-20-7-3-2-4-8-20/h2-15,18,25,28H,16-17H2,1H3/t25-/m1/s1. The smallest absolute Gasteiger partial charge is 0.258 e. The van der Waals surface area contributed by atoms with Gasteiger partial charge in [0, 0.05) is 24.0 Å². The molecule has 5 nitrogen and oxygen atoms in total. The molecular weight excluding hydrogens is 384 g/mol. The first-order valence-corrected chi connectivity index (χ1v) is 10.5. The lowest BCUT2D eigenvalue weighted by molar-refractivity contribution is 0.0666. The van der Waals surface area contributed by atoms with E-state index in [1.807, 2.05) is 64.4 Å². The van der Waals surface area contributed by atoms with Crippen LogP contribution < -0.4 is 5.32 Å². The molecule has 2 heterocycles. The van der Waals surface area contributed by atoms with Gasteiger partial charge in [0.05, 0.1) is 18.3 Å². The Balaban J connectivity index is 1.47. The first-order valence-electron chi connectivity index (χ1n) is 10.5. The topological polar surface area (TPSA) is 50.2 Å². The second-order valence-corrected chi connectivity index (χ2v) is 7.97. The van der Waals surface area contributed by atoms with Crippen LogP contribution in [0.4, 0.5) is 5.69 Å². The Bertz CT molecular complexity index is 1200. The van der Waals surface area contributed by atoms with Crippen LogP contribution in [-0.4, -0.2) is 20.6 Å². The zero-order valence-electron chi connectivity index (χ0n) is 17.4. The van der Waals surface area contributed by atoms with Gasteiger partial charge in [-0.1, -0.05) is 72.3 Å². The van der Waals surface area contributed by atoms with E-state index in [0.717, 1.165) is 16.8 Å². The molecule has 4 aromatic rings. The molecule has 5 rings (SSSR count). The van der Waals surface area contributed by atoms with Gasteiger partial charge in [0.2, 0.25) is 0 Å². The third-order valence-corrected chi connectivity index (χ3v) is 5.65. The van der Waals surface area contributed by atoms with E-state index in [1.54, 1.807) is 0 Å². The van der Waals surface area contributed by atoms with Crippen LogP contribution in [0.3, 0.4) is 0 Å². The van der Waals surface area contributed by atoms with Crippen molar-refractivity contribution in [1.82, 2.24) is 14.7 Å². The number of nitrogens with one attached hydrogen (secondary N) is 1. The van der Waals surface area contributed by atoms with Crippen molar-refractivity contribution in [3.8, 4) is 0 Å². The number of rotatable bonds is 5. The molecule has 3 aromatic carbocycles. The molecule has 0 spiro atoms. The van der Waals surface area contributed by atoms with E-state index in [-0.39, 0.29) is 12.1 Å². The number of aromatic nitrogens is 2. The Kier molecular flexibility index (Phi) is 5.00. The Morgan fingerprint density at radius 3 is 2.39 bits per heavy atom. The van der Waals surface area contributed by atoms with Crippen LogP contribution in [-0.2, 0) is 13.1 Å². The quantitative estimate of drug-likeness (QED) is 0.505. The largest absolute Gasteiger partial charge is 0.361 e. The van der Waals surface area contributed by atoms with Crippen molar-refractivity contribution >= 4 is 11.6 Å². The first kappa shape index (κ1) is 19.1. The lowest BCUT2D eigenvalue weighted by Crippen LogP contribution is -2.42. The number of nitrogens with zero attached hydrogens (tertiary/aromatic N) is 3. The molecular formula is C26H24N4O. The molecule has 5 heteroatoms. The van der Waals surface area contributed by atoms with E-state index in [4.69, 9.17) is 0 Å². The predicted molar refractivity (Wildman–Crippen MR) is 122 cm³/mol. The van der Waals surface area contributed by atoms with Crippen molar-refractivity contribution in [1.29, 1.82) is 0 Å². The molecule has 0 aliphatic carbocycles. The van der Waals surface area contributed by atoms with Crippen LogP contribution in [0.2, 0.25) is 0 Å². The fourth-order valence-electron chi connectivity index (χ4n) is 3.99. The number of para-hydroxylation sites is 1. The van der Waals surface area contributed by atoms with E-state index < -0.39 is 0 Å². The molecule has 0 fully saturated rings. The number of fused-ring (bicyclic) bond motifs is 1. The monoisotopic (exact) mass is 408 g/mol. The third-order valence-electron chi connectivity index (χ3n) is 5.65. The number of benzene rings is 3. The zero-order valence-corrected chi connectivity index (χ0v) is 17.4. The fourth-order valence-corrected chi connectivity index (χ4v) is 3.99. The number of anilines is 1. The molecule has 1 N–H and O–H groups in total. The lowest BCUT2D eigenvalue weighted by Gasteiger charge is -2.37. The normalized spacial score (nSPS) is 15.5. The van der Waals surface area contributed by atoms with Crippen LogP contribution >= 0.6 is 0 Å².